The van der Waals surface area contributed by atoms with E-state index >= 15 is 0 Å². The highest BCUT2D eigenvalue weighted by atomic mass is 35.5. The van der Waals surface area contributed by atoms with Crippen LogP contribution in [0.5, 0.6) is 0 Å². The maximum Gasteiger partial charge on any atom is 0.481 e. The van der Waals surface area contributed by atoms with E-state index in [0.29, 0.717) is 59.2 Å². The van der Waals surface area contributed by atoms with Gasteiger partial charge in [-0.1, -0.05) is 40.5 Å². The molecule has 0 radical (unpaired) electrons. The normalized spacial score (nSPS) is 52.2. The van der Waals surface area contributed by atoms with Gasteiger partial charge in [0.25, 0.3) is 0 Å². The molecule has 0 aromatic heterocycles. The molecule has 0 aromatic rings. The molecule has 7 unspecified atom stereocenters. The minimum Gasteiger partial charge on any atom is -0.481 e. The van der Waals surface area contributed by atoms with Crippen molar-refractivity contribution in [2.45, 2.75) is 241 Å². The van der Waals surface area contributed by atoms with Gasteiger partial charge in [-0.3, -0.25) is 14.4 Å². The molecule has 2 heterocycles. The first-order chi connectivity index (χ1) is 33.8. The van der Waals surface area contributed by atoms with E-state index in [9.17, 15) is 39.8 Å². The molecule has 400 valence electrons. The number of likely N-dealkylation sites (tertiary alicyclic amines) is 1. The minimum absolute atomic E-state index is 0.00826. The van der Waals surface area contributed by atoms with Gasteiger partial charge in [0.15, 0.2) is 5.78 Å². The Morgan fingerprint density at radius 1 is 0.694 bits per heavy atom. The van der Waals surface area contributed by atoms with Crippen molar-refractivity contribution in [3.8, 4) is 0 Å². The zero-order valence-electron chi connectivity index (χ0n) is 44.4. The van der Waals surface area contributed by atoms with E-state index in [1.54, 1.807) is 0 Å². The van der Waals surface area contributed by atoms with Crippen molar-refractivity contribution in [1.82, 2.24) is 4.90 Å². The topological polar surface area (TPSA) is 200 Å². The summed E-state index contributed by atoms with van der Waals surface area (Å²) in [6.45, 7) is 11.9. The van der Waals surface area contributed by atoms with Crippen LogP contribution in [0.15, 0.2) is 0 Å². The third-order valence-electron chi connectivity index (χ3n) is 24.9. The number of alkyl halides is 1. The quantitative estimate of drug-likeness (QED) is 0.0958. The number of hydrogen-bond donors (Lipinski definition) is 6. The molecule has 0 aromatic carbocycles. The summed E-state index contributed by atoms with van der Waals surface area (Å²) in [6, 6.07) is -0.490. The number of carbonyl (C=O) groups is 3. The summed E-state index contributed by atoms with van der Waals surface area (Å²) in [4.78, 5) is 40.4. The van der Waals surface area contributed by atoms with Gasteiger partial charge in [-0.25, -0.2) is 0 Å². The fraction of sp³-hybridized carbons (Fsp3) is 0.947. The number of carbonyl (C=O) groups excluding carboxylic acids is 2. The molecule has 15 heteroatoms. The monoisotopic (exact) mass is 1020 g/mol. The fourth-order valence-corrected chi connectivity index (χ4v) is 23.3. The van der Waals surface area contributed by atoms with Crippen molar-refractivity contribution in [2.24, 2.45) is 92.5 Å². The smallest absolute Gasteiger partial charge is 0.481 e. The zero-order valence-corrected chi connectivity index (χ0v) is 45.1. The highest BCUT2D eigenvalue weighted by Crippen LogP contribution is 2.69. The Bertz CT molecular complexity index is 2140. The van der Waals surface area contributed by atoms with Crippen LogP contribution in [0.2, 0.25) is 5.82 Å². The average molecular weight is 1020 g/mol. The molecular formula is C57H89B2ClN2O10. The molecule has 72 heavy (non-hydrogen) atoms. The van der Waals surface area contributed by atoms with Crippen LogP contribution in [0, 0.1) is 86.8 Å². The van der Waals surface area contributed by atoms with E-state index in [2.05, 4.69) is 32.6 Å². The second-order valence-electron chi connectivity index (χ2n) is 29.9. The first-order valence-electron chi connectivity index (χ1n) is 29.4. The van der Waals surface area contributed by atoms with Gasteiger partial charge < -0.3 is 45.3 Å². The summed E-state index contributed by atoms with van der Waals surface area (Å²) in [5.74, 6) is 3.66. The van der Waals surface area contributed by atoms with Crippen molar-refractivity contribution < 1.29 is 49.1 Å². The molecule has 18 aliphatic rings. The number of nitrogens with zero attached hydrogens (tertiary/aromatic N) is 1. The van der Waals surface area contributed by atoms with Crippen LogP contribution in [-0.2, 0) is 23.7 Å². The molecule has 16 saturated carbocycles. The van der Waals surface area contributed by atoms with E-state index in [4.69, 9.17) is 26.6 Å². The predicted octanol–water partition coefficient (Wildman–Crippen LogP) is 8.35. The molecule has 16 atom stereocenters. The number of nitrogens with two attached hydrogens (primary N) is 1. The van der Waals surface area contributed by atoms with E-state index in [0.717, 1.165) is 141 Å². The number of ketones is 1. The molecule has 12 nitrogen and oxygen atoms in total. The van der Waals surface area contributed by atoms with Gasteiger partial charge in [-0.05, 0) is 224 Å². The van der Waals surface area contributed by atoms with Gasteiger partial charge in [0.1, 0.15) is 0 Å². The maximum atomic E-state index is 14.0. The van der Waals surface area contributed by atoms with Gasteiger partial charge in [-0.15, -0.1) is 11.6 Å². The molecule has 2 aliphatic heterocycles. The van der Waals surface area contributed by atoms with Crippen molar-refractivity contribution in [3.63, 3.8) is 0 Å². The second kappa shape index (κ2) is 17.4. The Balaban J connectivity index is 0.000000118. The van der Waals surface area contributed by atoms with Crippen LogP contribution in [0.3, 0.4) is 0 Å². The van der Waals surface area contributed by atoms with Crippen LogP contribution in [0.4, 0.5) is 0 Å². The highest BCUT2D eigenvalue weighted by Gasteiger charge is 2.70. The van der Waals surface area contributed by atoms with Crippen molar-refractivity contribution in [2.75, 3.05) is 6.54 Å². The third kappa shape index (κ3) is 8.24. The Morgan fingerprint density at radius 2 is 1.22 bits per heavy atom. The lowest BCUT2D eigenvalue weighted by Gasteiger charge is -2.64. The summed E-state index contributed by atoms with van der Waals surface area (Å²) in [5, 5.41) is 50.1. The first kappa shape index (κ1) is 51.5. The largest absolute Gasteiger partial charge is 0.481 e. The first-order valence-corrected chi connectivity index (χ1v) is 29.8. The van der Waals surface area contributed by atoms with Crippen LogP contribution >= 0.6 is 11.6 Å². The van der Waals surface area contributed by atoms with Gasteiger partial charge in [-0.2, -0.15) is 0 Å². The van der Waals surface area contributed by atoms with E-state index in [1.165, 1.54) is 25.7 Å². The number of halogens is 1. The van der Waals surface area contributed by atoms with Crippen LogP contribution in [0.1, 0.15) is 195 Å². The molecule has 0 spiro atoms. The van der Waals surface area contributed by atoms with E-state index < -0.39 is 30.3 Å². The van der Waals surface area contributed by atoms with Gasteiger partial charge in [0.05, 0.1) is 40.8 Å². The molecule has 14 bridgehead atoms. The lowest BCUT2D eigenvalue weighted by molar-refractivity contribution is -0.199. The summed E-state index contributed by atoms with van der Waals surface area (Å²) in [7, 11) is -1.69. The molecule has 18 fully saturated rings. The highest BCUT2D eigenvalue weighted by molar-refractivity contribution is 6.48. The van der Waals surface area contributed by atoms with Crippen molar-refractivity contribution in [1.29, 1.82) is 0 Å². The number of aliphatic hydroxyl groups is 2. The van der Waals surface area contributed by atoms with Gasteiger partial charge >= 0.3 is 20.2 Å². The number of aliphatic carboxylic acids is 1. The van der Waals surface area contributed by atoms with Gasteiger partial charge in [0.2, 0.25) is 5.91 Å². The number of hydrogen-bond acceptors (Lipinski definition) is 10. The maximum absolute atomic E-state index is 14.0. The molecule has 2 saturated heterocycles. The molecular weight excluding hydrogens is 930 g/mol. The van der Waals surface area contributed by atoms with Crippen molar-refractivity contribution >= 4 is 43.5 Å². The van der Waals surface area contributed by atoms with Crippen LogP contribution in [-0.4, -0.2) is 108 Å². The number of Topliss-reactive ketones (excluding diaryl/α,β-unsaturated/α-hetero) is 1. The summed E-state index contributed by atoms with van der Waals surface area (Å²) in [6.07, 6.45) is 25.3. The average Bonchev–Trinajstić information content (AvgIpc) is 4.05. The lowest BCUT2D eigenvalue weighted by Crippen LogP contribution is -2.65. The lowest BCUT2D eigenvalue weighted by atomic mass is 9.43. The van der Waals surface area contributed by atoms with Crippen LogP contribution in [0.25, 0.3) is 0 Å². The Kier molecular flexibility index (Phi) is 12.4. The van der Waals surface area contributed by atoms with Crippen molar-refractivity contribution in [3.05, 3.63) is 0 Å². The number of amides is 1. The third-order valence-corrected chi connectivity index (χ3v) is 25.4. The Labute approximate surface area is 435 Å². The summed E-state index contributed by atoms with van der Waals surface area (Å²) in [5.41, 5.74) is 5.36. The SMILES string of the molecule is C[C@H](C(=O)N1CCC[C@H]1B1O[C@@H]2C[C@@H]3C[C@@H](C3(C)C)[C@]2(C)O1)C12CC3CC(CC(O)(C3)C1)C2.C[C@H](C(=O)O)C12CC3CC(CC(O)(C3)C1)C2.N[C@H](C(=O)C1CCC[C@H]1B(O)O)C12CC3CC(CC(Cl)(C3)C1)C2. The van der Waals surface area contributed by atoms with Gasteiger partial charge in [0, 0.05) is 29.1 Å². The molecule has 18 rings (SSSR count). The standard InChI is InChI=1S/C27H42BNO4.C17H27BClNO3.C13H20O3/c1-16(26-11-17-8-18(12-26)14-27(31,13-17)15-26)23(30)29-7-5-6-22(29)28-32-21-10-19-9-20(24(19,2)3)25(21,4)33-28;19-17-7-10-4-11(8-17)6-16(5-10,9-17)15(20)14(21)12-2-1-3-13(12)18(22)23;1-8(11(14)15)12-3-9-2-10(4-12)6-13(16,5-9)7-12/h16-22,31H,5-15H2,1-4H3;10-13,15,22-23H,1-9,20H2;8-10,16H,2-7H2,1H3,(H,14,15)/t16-,17?,18?,19+,20+,21-,22+,25+,26?,27?;10?,11?,12?,13-,15-,16?,17?;8-,9?,10?,12?,13?/m111/s1. The Hall–Kier alpha value is -1.25. The predicted molar refractivity (Wildman–Crippen MR) is 275 cm³/mol. The molecule has 7 N–H and O–H groups in total. The number of carboxylic acids is 1. The van der Waals surface area contributed by atoms with E-state index in [1.807, 2.05) is 6.92 Å². The number of rotatable bonds is 9. The zero-order chi connectivity index (χ0) is 50.9. The number of carboxylic acid groups (broad SMARTS) is 1. The minimum atomic E-state index is -1.41. The van der Waals surface area contributed by atoms with E-state index in [-0.39, 0.29) is 75.2 Å². The summed E-state index contributed by atoms with van der Waals surface area (Å²) >= 11 is 6.86. The summed E-state index contributed by atoms with van der Waals surface area (Å²) < 4.78 is 13.4. The molecule has 16 aliphatic carbocycles. The van der Waals surface area contributed by atoms with Crippen LogP contribution < -0.4 is 5.73 Å². The second-order valence-corrected chi connectivity index (χ2v) is 30.7. The molecule has 1 amide bonds. The fourth-order valence-electron chi connectivity index (χ4n) is 22.6. The Morgan fingerprint density at radius 3 is 1.72 bits per heavy atom.